The highest BCUT2D eigenvalue weighted by molar-refractivity contribution is 7.14. The molecular formula is C17H15N3O2S. The second-order valence-corrected chi connectivity index (χ2v) is 5.99. The Kier molecular flexibility index (Phi) is 3.99. The maximum Gasteiger partial charge on any atom is 0.252 e. The molecule has 0 atom stereocenters. The van der Waals surface area contributed by atoms with Crippen LogP contribution in [0.5, 0.6) is 5.75 Å². The number of aromatic nitrogens is 1. The molecule has 0 aliphatic carbocycles. The number of anilines is 2. The van der Waals surface area contributed by atoms with Gasteiger partial charge in [0.1, 0.15) is 5.75 Å². The van der Waals surface area contributed by atoms with E-state index in [0.717, 1.165) is 21.9 Å². The van der Waals surface area contributed by atoms with Gasteiger partial charge in [-0.25, -0.2) is 4.98 Å². The molecule has 0 saturated heterocycles. The summed E-state index contributed by atoms with van der Waals surface area (Å²) >= 11 is 1.46. The minimum Gasteiger partial charge on any atom is -0.507 e. The summed E-state index contributed by atoms with van der Waals surface area (Å²) in [6.45, 7) is 2.03. The topological polar surface area (TPSA) is 88.2 Å². The summed E-state index contributed by atoms with van der Waals surface area (Å²) in [4.78, 5) is 15.8. The number of rotatable bonds is 4. The lowest BCUT2D eigenvalue weighted by atomic mass is 10.1. The van der Waals surface area contributed by atoms with Crippen LogP contribution in [0.4, 0.5) is 10.8 Å². The molecule has 1 heterocycles. The molecule has 5 nitrogen and oxygen atoms in total. The van der Waals surface area contributed by atoms with Crippen molar-refractivity contribution in [1.29, 1.82) is 0 Å². The van der Waals surface area contributed by atoms with Crippen molar-refractivity contribution in [3.63, 3.8) is 0 Å². The van der Waals surface area contributed by atoms with E-state index in [-0.39, 0.29) is 11.3 Å². The van der Waals surface area contributed by atoms with Crippen molar-refractivity contribution >= 4 is 28.1 Å². The number of aromatic hydroxyl groups is 1. The molecule has 0 aliphatic heterocycles. The number of amides is 1. The molecule has 3 aromatic rings. The molecule has 6 heteroatoms. The van der Waals surface area contributed by atoms with Gasteiger partial charge in [0, 0.05) is 16.6 Å². The molecule has 3 rings (SSSR count). The summed E-state index contributed by atoms with van der Waals surface area (Å²) in [6.07, 6.45) is 0. The molecule has 0 unspecified atom stereocenters. The first-order chi connectivity index (χ1) is 11.0. The van der Waals surface area contributed by atoms with E-state index in [2.05, 4.69) is 10.3 Å². The van der Waals surface area contributed by atoms with Crippen LogP contribution in [0, 0.1) is 6.92 Å². The highest BCUT2D eigenvalue weighted by Crippen LogP contribution is 2.30. The van der Waals surface area contributed by atoms with Gasteiger partial charge in [0.25, 0.3) is 5.91 Å². The number of carbonyl (C=O) groups is 1. The Morgan fingerprint density at radius 3 is 2.83 bits per heavy atom. The maximum absolute atomic E-state index is 11.3. The smallest absolute Gasteiger partial charge is 0.252 e. The van der Waals surface area contributed by atoms with Crippen molar-refractivity contribution in [3.05, 3.63) is 59.0 Å². The van der Waals surface area contributed by atoms with Crippen LogP contribution in [0.25, 0.3) is 11.3 Å². The first-order valence-electron chi connectivity index (χ1n) is 6.95. The zero-order valence-corrected chi connectivity index (χ0v) is 13.2. The third-order valence-corrected chi connectivity index (χ3v) is 4.09. The third kappa shape index (κ3) is 3.32. The number of benzene rings is 2. The van der Waals surface area contributed by atoms with Crippen LogP contribution in [-0.2, 0) is 0 Å². The van der Waals surface area contributed by atoms with Gasteiger partial charge in [-0.1, -0.05) is 12.1 Å². The SMILES string of the molecule is Cc1cccc(Nc2nc(-c3ccc(O)c(C(N)=O)c3)cs2)c1. The molecule has 1 aromatic heterocycles. The first kappa shape index (κ1) is 15.1. The number of hydrogen-bond acceptors (Lipinski definition) is 5. The van der Waals surface area contributed by atoms with E-state index in [0.29, 0.717) is 5.69 Å². The van der Waals surface area contributed by atoms with Crippen molar-refractivity contribution in [3.8, 4) is 17.0 Å². The van der Waals surface area contributed by atoms with Gasteiger partial charge < -0.3 is 16.2 Å². The molecular weight excluding hydrogens is 310 g/mol. The van der Waals surface area contributed by atoms with E-state index in [1.807, 2.05) is 36.6 Å². The number of primary amides is 1. The van der Waals surface area contributed by atoms with E-state index < -0.39 is 5.91 Å². The predicted octanol–water partition coefficient (Wildman–Crippen LogP) is 3.67. The molecule has 0 fully saturated rings. The molecule has 0 aliphatic rings. The Morgan fingerprint density at radius 1 is 1.26 bits per heavy atom. The summed E-state index contributed by atoms with van der Waals surface area (Å²) in [5.74, 6) is -0.799. The van der Waals surface area contributed by atoms with E-state index in [1.54, 1.807) is 12.1 Å². The second-order valence-electron chi connectivity index (χ2n) is 5.13. The van der Waals surface area contributed by atoms with Crippen molar-refractivity contribution < 1.29 is 9.90 Å². The Bertz CT molecular complexity index is 874. The number of carbonyl (C=O) groups excluding carboxylic acids is 1. The monoisotopic (exact) mass is 325 g/mol. The largest absolute Gasteiger partial charge is 0.507 e. The Hall–Kier alpha value is -2.86. The molecule has 0 saturated carbocycles. The zero-order valence-electron chi connectivity index (χ0n) is 12.4. The van der Waals surface area contributed by atoms with E-state index in [1.165, 1.54) is 17.4 Å². The van der Waals surface area contributed by atoms with Crippen LogP contribution < -0.4 is 11.1 Å². The summed E-state index contributed by atoms with van der Waals surface area (Å²) < 4.78 is 0. The number of phenols is 1. The van der Waals surface area contributed by atoms with Gasteiger partial charge in [0.2, 0.25) is 0 Å². The van der Waals surface area contributed by atoms with Crippen LogP contribution in [-0.4, -0.2) is 16.0 Å². The predicted molar refractivity (Wildman–Crippen MR) is 92.2 cm³/mol. The molecule has 0 radical (unpaired) electrons. The lowest BCUT2D eigenvalue weighted by molar-refractivity contribution is 0.0998. The highest BCUT2D eigenvalue weighted by Gasteiger charge is 2.11. The number of nitrogens with zero attached hydrogens (tertiary/aromatic N) is 1. The van der Waals surface area contributed by atoms with Gasteiger partial charge in [0.05, 0.1) is 11.3 Å². The molecule has 0 spiro atoms. The lowest BCUT2D eigenvalue weighted by Crippen LogP contribution is -2.11. The van der Waals surface area contributed by atoms with Crippen LogP contribution in [0.2, 0.25) is 0 Å². The van der Waals surface area contributed by atoms with Gasteiger partial charge in [-0.05, 0) is 42.8 Å². The molecule has 0 bridgehead atoms. The Labute approximate surface area is 137 Å². The van der Waals surface area contributed by atoms with Gasteiger partial charge in [-0.15, -0.1) is 11.3 Å². The fraction of sp³-hybridized carbons (Fsp3) is 0.0588. The number of nitrogens with one attached hydrogen (secondary N) is 1. The minimum atomic E-state index is -0.669. The molecule has 2 aromatic carbocycles. The zero-order chi connectivity index (χ0) is 16.4. The number of aryl methyl sites for hydroxylation is 1. The summed E-state index contributed by atoms with van der Waals surface area (Å²) in [5.41, 5.74) is 8.91. The standard InChI is InChI=1S/C17H15N3O2S/c1-10-3-2-4-12(7-10)19-17-20-14(9-23-17)11-5-6-15(21)13(8-11)16(18)22/h2-9,21H,1H3,(H2,18,22)(H,19,20). The van der Waals surface area contributed by atoms with Crippen molar-refractivity contribution in [1.82, 2.24) is 4.98 Å². The number of nitrogens with two attached hydrogens (primary N) is 1. The summed E-state index contributed by atoms with van der Waals surface area (Å²) in [7, 11) is 0. The van der Waals surface area contributed by atoms with Gasteiger partial charge in [-0.3, -0.25) is 4.79 Å². The Balaban J connectivity index is 1.87. The fourth-order valence-electron chi connectivity index (χ4n) is 2.20. The molecule has 23 heavy (non-hydrogen) atoms. The minimum absolute atomic E-state index is 0.0868. The molecule has 4 N–H and O–H groups in total. The molecule has 116 valence electrons. The highest BCUT2D eigenvalue weighted by atomic mass is 32.1. The van der Waals surface area contributed by atoms with Crippen molar-refractivity contribution in [2.24, 2.45) is 5.73 Å². The fourth-order valence-corrected chi connectivity index (χ4v) is 2.94. The van der Waals surface area contributed by atoms with Gasteiger partial charge in [0.15, 0.2) is 5.13 Å². The van der Waals surface area contributed by atoms with Gasteiger partial charge in [-0.2, -0.15) is 0 Å². The average Bonchev–Trinajstić information content (AvgIpc) is 2.96. The lowest BCUT2D eigenvalue weighted by Gasteiger charge is -2.04. The summed E-state index contributed by atoms with van der Waals surface area (Å²) in [6, 6.07) is 12.7. The van der Waals surface area contributed by atoms with Crippen LogP contribution in [0.15, 0.2) is 47.8 Å². The normalized spacial score (nSPS) is 10.5. The van der Waals surface area contributed by atoms with Crippen LogP contribution in [0.1, 0.15) is 15.9 Å². The number of thiazole rings is 1. The van der Waals surface area contributed by atoms with Crippen LogP contribution in [0.3, 0.4) is 0 Å². The van der Waals surface area contributed by atoms with E-state index in [9.17, 15) is 9.90 Å². The first-order valence-corrected chi connectivity index (χ1v) is 7.83. The van der Waals surface area contributed by atoms with E-state index >= 15 is 0 Å². The third-order valence-electron chi connectivity index (χ3n) is 3.33. The van der Waals surface area contributed by atoms with Crippen molar-refractivity contribution in [2.45, 2.75) is 6.92 Å². The number of hydrogen-bond donors (Lipinski definition) is 3. The second kappa shape index (κ2) is 6.10. The quantitative estimate of drug-likeness (QED) is 0.683. The Morgan fingerprint density at radius 2 is 2.09 bits per heavy atom. The van der Waals surface area contributed by atoms with Crippen LogP contribution >= 0.6 is 11.3 Å². The molecule has 1 amide bonds. The van der Waals surface area contributed by atoms with Crippen molar-refractivity contribution in [2.75, 3.05) is 5.32 Å². The maximum atomic E-state index is 11.3. The average molecular weight is 325 g/mol. The summed E-state index contributed by atoms with van der Waals surface area (Å²) in [5, 5.41) is 15.5. The van der Waals surface area contributed by atoms with Gasteiger partial charge >= 0.3 is 0 Å². The van der Waals surface area contributed by atoms with E-state index in [4.69, 9.17) is 5.73 Å².